The summed E-state index contributed by atoms with van der Waals surface area (Å²) in [6.45, 7) is 0.398. The van der Waals surface area contributed by atoms with E-state index in [2.05, 4.69) is 15.9 Å². The van der Waals surface area contributed by atoms with E-state index in [4.69, 9.17) is 26.8 Å². The van der Waals surface area contributed by atoms with Gasteiger partial charge in [0.05, 0.1) is 10.6 Å². The van der Waals surface area contributed by atoms with Gasteiger partial charge in [-0.2, -0.15) is 0 Å². The van der Waals surface area contributed by atoms with Crippen molar-refractivity contribution in [3.63, 3.8) is 0 Å². The molecule has 4 nitrogen and oxygen atoms in total. The van der Waals surface area contributed by atoms with Gasteiger partial charge in [0, 0.05) is 10.2 Å². The number of rotatable bonds is 5. The first-order chi connectivity index (χ1) is 10.1. The molecule has 0 saturated heterocycles. The Labute approximate surface area is 135 Å². The second-order valence-electron chi connectivity index (χ2n) is 4.18. The van der Waals surface area contributed by atoms with E-state index in [-0.39, 0.29) is 23.8 Å². The van der Waals surface area contributed by atoms with Gasteiger partial charge in [-0.15, -0.1) is 0 Å². The summed E-state index contributed by atoms with van der Waals surface area (Å²) in [5, 5.41) is 0.272. The highest BCUT2D eigenvalue weighted by Crippen LogP contribution is 2.20. The Kier molecular flexibility index (Phi) is 5.47. The predicted molar refractivity (Wildman–Crippen MR) is 85.8 cm³/mol. The molecule has 0 aromatic heterocycles. The van der Waals surface area contributed by atoms with E-state index in [1.807, 2.05) is 24.3 Å². The summed E-state index contributed by atoms with van der Waals surface area (Å²) in [5.74, 6) is 0.208. The highest BCUT2D eigenvalue weighted by atomic mass is 79.9. The van der Waals surface area contributed by atoms with Gasteiger partial charge in [0.1, 0.15) is 19.0 Å². The maximum atomic E-state index is 11.8. The van der Waals surface area contributed by atoms with Gasteiger partial charge in [-0.3, -0.25) is 0 Å². The Hall–Kier alpha value is -1.72. The SMILES string of the molecule is Nc1ccc(C(=O)OCCOc2ccc(Br)cc2)c(Cl)c1. The van der Waals surface area contributed by atoms with E-state index in [0.717, 1.165) is 4.47 Å². The maximum Gasteiger partial charge on any atom is 0.339 e. The second-order valence-corrected chi connectivity index (χ2v) is 5.50. The molecule has 0 saturated carbocycles. The predicted octanol–water partition coefficient (Wildman–Crippen LogP) is 3.92. The van der Waals surface area contributed by atoms with Crippen LogP contribution in [0, 0.1) is 0 Å². The van der Waals surface area contributed by atoms with Crippen molar-refractivity contribution in [2.75, 3.05) is 18.9 Å². The summed E-state index contributed by atoms with van der Waals surface area (Å²) in [7, 11) is 0. The number of carbonyl (C=O) groups is 1. The molecule has 0 aliphatic carbocycles. The molecule has 0 atom stereocenters. The molecule has 2 aromatic carbocycles. The van der Waals surface area contributed by atoms with Gasteiger partial charge in [-0.1, -0.05) is 27.5 Å². The fourth-order valence-electron chi connectivity index (χ4n) is 1.60. The van der Waals surface area contributed by atoms with Gasteiger partial charge < -0.3 is 15.2 Å². The number of nitrogens with two attached hydrogens (primary N) is 1. The summed E-state index contributed by atoms with van der Waals surface area (Å²) in [6, 6.07) is 12.0. The van der Waals surface area contributed by atoms with Crippen molar-refractivity contribution < 1.29 is 14.3 Å². The molecule has 110 valence electrons. The first kappa shape index (κ1) is 15.7. The second kappa shape index (κ2) is 7.33. The number of hydrogen-bond donors (Lipinski definition) is 1. The highest BCUT2D eigenvalue weighted by Gasteiger charge is 2.11. The Bertz CT molecular complexity index is 631. The Balaban J connectivity index is 1.80. The number of benzene rings is 2. The van der Waals surface area contributed by atoms with E-state index >= 15 is 0 Å². The van der Waals surface area contributed by atoms with Crippen LogP contribution in [0.5, 0.6) is 5.75 Å². The molecule has 2 N–H and O–H groups in total. The van der Waals surface area contributed by atoms with Gasteiger partial charge >= 0.3 is 5.97 Å². The average Bonchev–Trinajstić information content (AvgIpc) is 2.45. The number of hydrogen-bond acceptors (Lipinski definition) is 4. The van der Waals surface area contributed by atoms with Crippen molar-refractivity contribution >= 4 is 39.2 Å². The summed E-state index contributed by atoms with van der Waals surface area (Å²) >= 11 is 9.27. The van der Waals surface area contributed by atoms with Crippen LogP contribution in [0.1, 0.15) is 10.4 Å². The molecule has 2 rings (SSSR count). The van der Waals surface area contributed by atoms with Crippen molar-refractivity contribution in [3.8, 4) is 5.75 Å². The molecule has 2 aromatic rings. The van der Waals surface area contributed by atoms with Crippen molar-refractivity contribution in [1.29, 1.82) is 0 Å². The van der Waals surface area contributed by atoms with Crippen molar-refractivity contribution in [1.82, 2.24) is 0 Å². The molecule has 0 spiro atoms. The van der Waals surface area contributed by atoms with Crippen molar-refractivity contribution in [2.24, 2.45) is 0 Å². The number of halogens is 2. The van der Waals surface area contributed by atoms with Crippen LogP contribution in [0.15, 0.2) is 46.9 Å². The molecule has 0 aliphatic rings. The number of ether oxygens (including phenoxy) is 2. The van der Waals surface area contributed by atoms with E-state index < -0.39 is 5.97 Å². The summed E-state index contributed by atoms with van der Waals surface area (Å²) in [5.41, 5.74) is 6.35. The Morgan fingerprint density at radius 2 is 1.86 bits per heavy atom. The number of nitrogen functional groups attached to an aromatic ring is 1. The standard InChI is InChI=1S/C15H13BrClNO3/c16-10-1-4-12(5-2-10)20-7-8-21-15(19)13-6-3-11(18)9-14(13)17/h1-6,9H,7-8,18H2. The first-order valence-corrected chi connectivity index (χ1v) is 7.34. The lowest BCUT2D eigenvalue weighted by Crippen LogP contribution is -2.12. The summed E-state index contributed by atoms with van der Waals surface area (Å²) in [4.78, 5) is 11.8. The van der Waals surface area contributed by atoms with E-state index in [0.29, 0.717) is 11.4 Å². The van der Waals surface area contributed by atoms with Crippen LogP contribution in [0.4, 0.5) is 5.69 Å². The highest BCUT2D eigenvalue weighted by molar-refractivity contribution is 9.10. The van der Waals surface area contributed by atoms with Gasteiger partial charge in [0.15, 0.2) is 0 Å². The maximum absolute atomic E-state index is 11.8. The zero-order chi connectivity index (χ0) is 15.2. The summed E-state index contributed by atoms with van der Waals surface area (Å²) in [6.07, 6.45) is 0. The molecule has 0 aliphatic heterocycles. The van der Waals surface area contributed by atoms with Crippen molar-refractivity contribution in [3.05, 3.63) is 57.5 Å². The largest absolute Gasteiger partial charge is 0.490 e. The zero-order valence-corrected chi connectivity index (χ0v) is 13.4. The average molecular weight is 371 g/mol. The third-order valence-corrected chi connectivity index (χ3v) is 3.45. The normalized spacial score (nSPS) is 10.2. The minimum atomic E-state index is -0.501. The smallest absolute Gasteiger partial charge is 0.339 e. The van der Waals surface area contributed by atoms with Crippen LogP contribution in [-0.4, -0.2) is 19.2 Å². The lowest BCUT2D eigenvalue weighted by Gasteiger charge is -2.08. The quantitative estimate of drug-likeness (QED) is 0.492. The molecule has 0 heterocycles. The van der Waals surface area contributed by atoms with E-state index in [1.165, 1.54) is 12.1 Å². The molecular formula is C15H13BrClNO3. The molecule has 0 bridgehead atoms. The number of carbonyl (C=O) groups excluding carboxylic acids is 1. The van der Waals surface area contributed by atoms with E-state index in [9.17, 15) is 4.79 Å². The van der Waals surface area contributed by atoms with Crippen LogP contribution in [-0.2, 0) is 4.74 Å². The molecule has 0 unspecified atom stereocenters. The van der Waals surface area contributed by atoms with Crippen LogP contribution in [0.2, 0.25) is 5.02 Å². The fraction of sp³-hybridized carbons (Fsp3) is 0.133. The lowest BCUT2D eigenvalue weighted by molar-refractivity contribution is 0.0450. The lowest BCUT2D eigenvalue weighted by atomic mass is 10.2. The molecule has 21 heavy (non-hydrogen) atoms. The number of esters is 1. The monoisotopic (exact) mass is 369 g/mol. The van der Waals surface area contributed by atoms with Crippen molar-refractivity contribution in [2.45, 2.75) is 0 Å². The third kappa shape index (κ3) is 4.65. The fourth-order valence-corrected chi connectivity index (χ4v) is 2.13. The van der Waals surface area contributed by atoms with Gasteiger partial charge in [-0.25, -0.2) is 4.79 Å². The van der Waals surface area contributed by atoms with Crippen LogP contribution >= 0.6 is 27.5 Å². The first-order valence-electron chi connectivity index (χ1n) is 6.17. The molecule has 6 heteroatoms. The van der Waals surface area contributed by atoms with Gasteiger partial charge in [0.2, 0.25) is 0 Å². The van der Waals surface area contributed by atoms with Crippen LogP contribution in [0.3, 0.4) is 0 Å². The Morgan fingerprint density at radius 1 is 1.14 bits per heavy atom. The Morgan fingerprint density at radius 3 is 2.52 bits per heavy atom. The topological polar surface area (TPSA) is 61.6 Å². The minimum Gasteiger partial charge on any atom is -0.490 e. The molecule has 0 fully saturated rings. The summed E-state index contributed by atoms with van der Waals surface area (Å²) < 4.78 is 11.5. The third-order valence-electron chi connectivity index (χ3n) is 2.61. The molecule has 0 amide bonds. The number of anilines is 1. The van der Waals surface area contributed by atoms with Crippen LogP contribution in [0.25, 0.3) is 0 Å². The van der Waals surface area contributed by atoms with Gasteiger partial charge in [-0.05, 0) is 42.5 Å². The van der Waals surface area contributed by atoms with E-state index in [1.54, 1.807) is 6.07 Å². The van der Waals surface area contributed by atoms with Crippen LogP contribution < -0.4 is 10.5 Å². The molecular weight excluding hydrogens is 358 g/mol. The molecule has 0 radical (unpaired) electrons. The minimum absolute atomic E-state index is 0.135. The zero-order valence-electron chi connectivity index (χ0n) is 11.0. The van der Waals surface area contributed by atoms with Gasteiger partial charge in [0.25, 0.3) is 0 Å².